The summed E-state index contributed by atoms with van der Waals surface area (Å²) in [5.74, 6) is -1.02. The number of nitrogens with one attached hydrogen (secondary N) is 1. The molecule has 1 N–H and O–H groups in total. The highest BCUT2D eigenvalue weighted by molar-refractivity contribution is 5.22. The standard InChI is InChI=1S/C15H21F2NO/c1-18-15(8-6-12-4-2-3-9-19-12)13-7-5-11(16)10-14(13)17/h5,7,10,12,15,18H,2-4,6,8-9H2,1H3. The molecule has 4 heteroatoms. The molecule has 0 aromatic heterocycles. The topological polar surface area (TPSA) is 21.3 Å². The molecule has 1 aromatic carbocycles. The van der Waals surface area contributed by atoms with E-state index in [0.717, 1.165) is 38.4 Å². The van der Waals surface area contributed by atoms with Crippen molar-refractivity contribution in [1.82, 2.24) is 5.32 Å². The van der Waals surface area contributed by atoms with E-state index in [1.54, 1.807) is 7.05 Å². The van der Waals surface area contributed by atoms with Gasteiger partial charge in [0.05, 0.1) is 6.10 Å². The lowest BCUT2D eigenvalue weighted by Gasteiger charge is -2.25. The van der Waals surface area contributed by atoms with Crippen LogP contribution in [0.5, 0.6) is 0 Å². The van der Waals surface area contributed by atoms with Crippen LogP contribution < -0.4 is 5.32 Å². The molecule has 0 bridgehead atoms. The minimum absolute atomic E-state index is 0.0915. The molecule has 0 aliphatic carbocycles. The SMILES string of the molecule is CNC(CCC1CCCCO1)c1ccc(F)cc1F. The molecule has 2 nitrogen and oxygen atoms in total. The normalized spacial score (nSPS) is 21.3. The Morgan fingerprint density at radius 1 is 1.37 bits per heavy atom. The monoisotopic (exact) mass is 269 g/mol. The van der Waals surface area contributed by atoms with Gasteiger partial charge in [0.1, 0.15) is 11.6 Å². The maximum Gasteiger partial charge on any atom is 0.130 e. The van der Waals surface area contributed by atoms with Crippen LogP contribution in [-0.4, -0.2) is 19.8 Å². The summed E-state index contributed by atoms with van der Waals surface area (Å²) in [5.41, 5.74) is 0.528. The average Bonchev–Trinajstić information content (AvgIpc) is 2.42. The smallest absolute Gasteiger partial charge is 0.130 e. The van der Waals surface area contributed by atoms with Gasteiger partial charge in [0, 0.05) is 24.3 Å². The summed E-state index contributed by atoms with van der Waals surface area (Å²) in [6.07, 6.45) is 5.42. The van der Waals surface area contributed by atoms with Crippen molar-refractivity contribution in [3.8, 4) is 0 Å². The van der Waals surface area contributed by atoms with E-state index >= 15 is 0 Å². The Hall–Kier alpha value is -1.00. The Labute approximate surface area is 113 Å². The Bertz CT molecular complexity index is 405. The summed E-state index contributed by atoms with van der Waals surface area (Å²) >= 11 is 0. The van der Waals surface area contributed by atoms with Gasteiger partial charge in [-0.1, -0.05) is 6.07 Å². The van der Waals surface area contributed by atoms with Crippen molar-refractivity contribution in [2.45, 2.75) is 44.2 Å². The molecule has 2 atom stereocenters. The highest BCUT2D eigenvalue weighted by Gasteiger charge is 2.19. The molecule has 0 amide bonds. The van der Waals surface area contributed by atoms with E-state index in [4.69, 9.17) is 4.74 Å². The van der Waals surface area contributed by atoms with Crippen molar-refractivity contribution in [1.29, 1.82) is 0 Å². The fourth-order valence-corrected chi connectivity index (χ4v) is 2.63. The summed E-state index contributed by atoms with van der Waals surface area (Å²) in [6.45, 7) is 0.833. The minimum Gasteiger partial charge on any atom is -0.378 e. The number of hydrogen-bond donors (Lipinski definition) is 1. The van der Waals surface area contributed by atoms with E-state index in [9.17, 15) is 8.78 Å². The van der Waals surface area contributed by atoms with Crippen LogP contribution >= 0.6 is 0 Å². The molecule has 1 aliphatic rings. The average molecular weight is 269 g/mol. The molecule has 0 radical (unpaired) electrons. The van der Waals surface area contributed by atoms with E-state index in [0.29, 0.717) is 5.56 Å². The molecule has 0 saturated carbocycles. The van der Waals surface area contributed by atoms with Crippen molar-refractivity contribution < 1.29 is 13.5 Å². The molecule has 1 aromatic rings. The molecule has 19 heavy (non-hydrogen) atoms. The maximum absolute atomic E-state index is 13.7. The van der Waals surface area contributed by atoms with Gasteiger partial charge in [0.2, 0.25) is 0 Å². The highest BCUT2D eigenvalue weighted by atomic mass is 19.1. The second-order valence-corrected chi connectivity index (χ2v) is 5.07. The van der Waals surface area contributed by atoms with E-state index < -0.39 is 11.6 Å². The fraction of sp³-hybridized carbons (Fsp3) is 0.600. The third-order valence-corrected chi connectivity index (χ3v) is 3.74. The van der Waals surface area contributed by atoms with Gasteiger partial charge in [0.25, 0.3) is 0 Å². The van der Waals surface area contributed by atoms with Gasteiger partial charge in [-0.15, -0.1) is 0 Å². The molecular formula is C15H21F2NO. The molecule has 1 saturated heterocycles. The second-order valence-electron chi connectivity index (χ2n) is 5.07. The predicted molar refractivity (Wildman–Crippen MR) is 71.0 cm³/mol. The van der Waals surface area contributed by atoms with Gasteiger partial charge < -0.3 is 10.1 Å². The summed E-state index contributed by atoms with van der Waals surface area (Å²) < 4.78 is 32.3. The van der Waals surface area contributed by atoms with Crippen LogP contribution in [-0.2, 0) is 4.74 Å². The van der Waals surface area contributed by atoms with Crippen LogP contribution in [0.2, 0.25) is 0 Å². The van der Waals surface area contributed by atoms with Gasteiger partial charge in [0.15, 0.2) is 0 Å². The van der Waals surface area contributed by atoms with E-state index in [2.05, 4.69) is 5.32 Å². The zero-order chi connectivity index (χ0) is 13.7. The number of hydrogen-bond acceptors (Lipinski definition) is 2. The first-order valence-corrected chi connectivity index (χ1v) is 6.94. The zero-order valence-electron chi connectivity index (χ0n) is 11.3. The van der Waals surface area contributed by atoms with Crippen molar-refractivity contribution in [2.24, 2.45) is 0 Å². The lowest BCUT2D eigenvalue weighted by molar-refractivity contribution is 0.00860. The number of rotatable bonds is 5. The van der Waals surface area contributed by atoms with Crippen LogP contribution in [0.3, 0.4) is 0 Å². The van der Waals surface area contributed by atoms with Crippen molar-refractivity contribution in [2.75, 3.05) is 13.7 Å². The van der Waals surface area contributed by atoms with Gasteiger partial charge in [-0.25, -0.2) is 8.78 Å². The molecule has 106 valence electrons. The molecule has 2 unspecified atom stereocenters. The molecule has 1 aliphatic heterocycles. The Kier molecular flexibility index (Phi) is 5.28. The number of benzene rings is 1. The van der Waals surface area contributed by atoms with Crippen LogP contribution in [0.15, 0.2) is 18.2 Å². The first-order chi connectivity index (χ1) is 9.20. The van der Waals surface area contributed by atoms with Gasteiger partial charge >= 0.3 is 0 Å². The van der Waals surface area contributed by atoms with Gasteiger partial charge in [-0.05, 0) is 45.2 Å². The third-order valence-electron chi connectivity index (χ3n) is 3.74. The molecule has 1 fully saturated rings. The minimum atomic E-state index is -0.535. The molecule has 2 rings (SSSR count). The molecule has 0 spiro atoms. The predicted octanol–water partition coefficient (Wildman–Crippen LogP) is 3.57. The second kappa shape index (κ2) is 6.96. The number of halogens is 2. The van der Waals surface area contributed by atoms with Crippen molar-refractivity contribution in [3.05, 3.63) is 35.4 Å². The molecule has 1 heterocycles. The van der Waals surface area contributed by atoms with E-state index in [-0.39, 0.29) is 12.1 Å². The van der Waals surface area contributed by atoms with Crippen LogP contribution in [0, 0.1) is 11.6 Å². The lowest BCUT2D eigenvalue weighted by atomic mass is 9.97. The quantitative estimate of drug-likeness (QED) is 0.882. The number of ether oxygens (including phenoxy) is 1. The summed E-state index contributed by atoms with van der Waals surface area (Å²) in [4.78, 5) is 0. The van der Waals surface area contributed by atoms with Crippen molar-refractivity contribution in [3.63, 3.8) is 0 Å². The lowest BCUT2D eigenvalue weighted by Crippen LogP contribution is -2.23. The fourth-order valence-electron chi connectivity index (χ4n) is 2.63. The highest BCUT2D eigenvalue weighted by Crippen LogP contribution is 2.25. The Balaban J connectivity index is 1.95. The maximum atomic E-state index is 13.7. The summed E-state index contributed by atoms with van der Waals surface area (Å²) in [7, 11) is 1.80. The zero-order valence-corrected chi connectivity index (χ0v) is 11.3. The van der Waals surface area contributed by atoms with E-state index in [1.807, 2.05) is 0 Å². The first-order valence-electron chi connectivity index (χ1n) is 6.94. The Morgan fingerprint density at radius 2 is 2.21 bits per heavy atom. The van der Waals surface area contributed by atoms with Crippen LogP contribution in [0.4, 0.5) is 8.78 Å². The van der Waals surface area contributed by atoms with E-state index in [1.165, 1.54) is 18.6 Å². The van der Waals surface area contributed by atoms with Crippen LogP contribution in [0.25, 0.3) is 0 Å². The van der Waals surface area contributed by atoms with Crippen molar-refractivity contribution >= 4 is 0 Å². The Morgan fingerprint density at radius 3 is 2.84 bits per heavy atom. The largest absolute Gasteiger partial charge is 0.378 e. The summed E-state index contributed by atoms with van der Waals surface area (Å²) in [5, 5.41) is 3.10. The van der Waals surface area contributed by atoms with Crippen LogP contribution in [0.1, 0.15) is 43.7 Å². The molecular weight excluding hydrogens is 248 g/mol. The van der Waals surface area contributed by atoms with Gasteiger partial charge in [-0.3, -0.25) is 0 Å². The summed E-state index contributed by atoms with van der Waals surface area (Å²) in [6, 6.07) is 3.68. The van der Waals surface area contributed by atoms with Gasteiger partial charge in [-0.2, -0.15) is 0 Å². The first kappa shape index (κ1) is 14.4. The third kappa shape index (κ3) is 3.98.